The number of nitrogens with zero attached hydrogens (tertiary/aromatic N) is 4. The normalized spacial score (nSPS) is 23.1. The van der Waals surface area contributed by atoms with E-state index in [1.54, 1.807) is 13.0 Å². The molecule has 0 bridgehead atoms. The highest BCUT2D eigenvalue weighted by atomic mass is 16.5. The van der Waals surface area contributed by atoms with Crippen LogP contribution in [0.25, 0.3) is 0 Å². The summed E-state index contributed by atoms with van der Waals surface area (Å²) in [5.74, 6) is 2.20. The monoisotopic (exact) mass is 288 g/mol. The maximum atomic E-state index is 8.79. The molecule has 0 aromatic carbocycles. The zero-order valence-electron chi connectivity index (χ0n) is 11.9. The first-order valence-corrected chi connectivity index (χ1v) is 6.81. The Morgan fingerprint density at radius 2 is 2.29 bits per heavy atom. The summed E-state index contributed by atoms with van der Waals surface area (Å²) in [6.07, 6.45) is -0.179. The lowest BCUT2D eigenvalue weighted by molar-refractivity contribution is -0.0942. The van der Waals surface area contributed by atoms with Crippen LogP contribution in [0.5, 0.6) is 0 Å². The fourth-order valence-corrected chi connectivity index (χ4v) is 2.49. The number of aryl methyl sites for hydroxylation is 1. The van der Waals surface area contributed by atoms with E-state index in [1.165, 1.54) is 0 Å². The molecule has 2 aromatic rings. The van der Waals surface area contributed by atoms with Gasteiger partial charge in [-0.15, -0.1) is 0 Å². The highest BCUT2D eigenvalue weighted by Crippen LogP contribution is 2.25. The first kappa shape index (κ1) is 13.8. The molecule has 0 saturated carbocycles. The quantitative estimate of drug-likeness (QED) is 0.850. The number of morpholine rings is 1. The lowest BCUT2D eigenvalue weighted by Gasteiger charge is -2.34. The van der Waals surface area contributed by atoms with Crippen molar-refractivity contribution in [1.29, 1.82) is 5.26 Å². The zero-order valence-corrected chi connectivity index (χ0v) is 11.9. The molecule has 3 heterocycles. The average Bonchev–Trinajstić information content (AvgIpc) is 3.07. The van der Waals surface area contributed by atoms with Gasteiger partial charge in [0, 0.05) is 13.1 Å². The predicted molar refractivity (Wildman–Crippen MR) is 71.0 cm³/mol. The Hall–Kier alpha value is -2.17. The second-order valence-electron chi connectivity index (χ2n) is 5.19. The van der Waals surface area contributed by atoms with Gasteiger partial charge in [0.15, 0.2) is 5.82 Å². The molecule has 7 nitrogen and oxygen atoms in total. The van der Waals surface area contributed by atoms with E-state index in [0.717, 1.165) is 12.3 Å². The molecule has 0 amide bonds. The van der Waals surface area contributed by atoms with Gasteiger partial charge in [-0.1, -0.05) is 5.16 Å². The van der Waals surface area contributed by atoms with Crippen molar-refractivity contribution >= 4 is 0 Å². The molecule has 3 rings (SSSR count). The van der Waals surface area contributed by atoms with Crippen LogP contribution >= 0.6 is 0 Å². The van der Waals surface area contributed by atoms with Gasteiger partial charge in [0.2, 0.25) is 5.76 Å². The molecule has 0 spiro atoms. The molecule has 21 heavy (non-hydrogen) atoms. The minimum atomic E-state index is -0.236. The summed E-state index contributed by atoms with van der Waals surface area (Å²) in [7, 11) is 0. The lowest BCUT2D eigenvalue weighted by Crippen LogP contribution is -2.42. The van der Waals surface area contributed by atoms with Crippen molar-refractivity contribution in [2.24, 2.45) is 0 Å². The van der Waals surface area contributed by atoms with Crippen LogP contribution in [-0.4, -0.2) is 34.2 Å². The van der Waals surface area contributed by atoms with Crippen LogP contribution < -0.4 is 0 Å². The van der Waals surface area contributed by atoms with Gasteiger partial charge in [0.05, 0.1) is 12.6 Å². The summed E-state index contributed by atoms with van der Waals surface area (Å²) < 4.78 is 16.5. The Kier molecular flexibility index (Phi) is 3.73. The van der Waals surface area contributed by atoms with Crippen molar-refractivity contribution < 1.29 is 13.7 Å². The Morgan fingerprint density at radius 3 is 2.95 bits per heavy atom. The van der Waals surface area contributed by atoms with Gasteiger partial charge in [-0.05, 0) is 26.0 Å². The molecule has 1 aliphatic rings. The summed E-state index contributed by atoms with van der Waals surface area (Å²) in [5, 5.41) is 12.6. The van der Waals surface area contributed by atoms with Crippen LogP contribution in [-0.2, 0) is 11.3 Å². The molecule has 1 aliphatic heterocycles. The van der Waals surface area contributed by atoms with Crippen molar-refractivity contribution in [1.82, 2.24) is 15.0 Å². The maximum Gasteiger partial charge on any atom is 0.257 e. The van der Waals surface area contributed by atoms with Crippen LogP contribution in [0.3, 0.4) is 0 Å². The largest absolute Gasteiger partial charge is 0.449 e. The Morgan fingerprint density at radius 1 is 1.43 bits per heavy atom. The highest BCUT2D eigenvalue weighted by molar-refractivity contribution is 5.19. The molecule has 1 fully saturated rings. The van der Waals surface area contributed by atoms with Gasteiger partial charge in [-0.3, -0.25) is 4.90 Å². The van der Waals surface area contributed by atoms with E-state index < -0.39 is 0 Å². The average molecular weight is 288 g/mol. The van der Waals surface area contributed by atoms with Gasteiger partial charge in [0.1, 0.15) is 17.9 Å². The summed E-state index contributed by atoms with van der Waals surface area (Å²) in [6.45, 7) is 5.84. The fraction of sp³-hybridized carbons (Fsp3) is 0.500. The minimum absolute atomic E-state index is 0.0568. The molecule has 0 aliphatic carbocycles. The first-order chi connectivity index (χ1) is 10.1. The Balaban J connectivity index is 1.69. The van der Waals surface area contributed by atoms with Gasteiger partial charge in [0.25, 0.3) is 5.89 Å². The minimum Gasteiger partial charge on any atom is -0.449 e. The van der Waals surface area contributed by atoms with Gasteiger partial charge in [-0.2, -0.15) is 10.2 Å². The van der Waals surface area contributed by atoms with E-state index in [-0.39, 0.29) is 12.2 Å². The second kappa shape index (κ2) is 5.68. The first-order valence-electron chi connectivity index (χ1n) is 6.81. The van der Waals surface area contributed by atoms with E-state index >= 15 is 0 Å². The van der Waals surface area contributed by atoms with E-state index in [0.29, 0.717) is 30.6 Å². The third-order valence-electron chi connectivity index (χ3n) is 3.31. The lowest BCUT2D eigenvalue weighted by atomic mass is 10.2. The summed E-state index contributed by atoms with van der Waals surface area (Å²) in [4.78, 5) is 6.42. The van der Waals surface area contributed by atoms with Crippen LogP contribution in [0, 0.1) is 18.3 Å². The van der Waals surface area contributed by atoms with Crippen molar-refractivity contribution in [3.8, 4) is 6.07 Å². The number of nitriles is 1. The van der Waals surface area contributed by atoms with Gasteiger partial charge in [-0.25, -0.2) is 0 Å². The molecule has 7 heteroatoms. The van der Waals surface area contributed by atoms with Crippen LogP contribution in [0.2, 0.25) is 0 Å². The molecule has 0 radical (unpaired) electrons. The van der Waals surface area contributed by atoms with Crippen LogP contribution in [0.1, 0.15) is 36.3 Å². The third-order valence-corrected chi connectivity index (χ3v) is 3.31. The number of rotatable bonds is 3. The van der Waals surface area contributed by atoms with Crippen molar-refractivity contribution in [3.63, 3.8) is 0 Å². The van der Waals surface area contributed by atoms with Crippen LogP contribution in [0.4, 0.5) is 0 Å². The van der Waals surface area contributed by atoms with Crippen molar-refractivity contribution in [2.75, 3.05) is 13.1 Å². The number of hydrogen-bond acceptors (Lipinski definition) is 7. The van der Waals surface area contributed by atoms with Gasteiger partial charge < -0.3 is 13.7 Å². The van der Waals surface area contributed by atoms with E-state index in [9.17, 15) is 0 Å². The molecule has 2 aromatic heterocycles. The third kappa shape index (κ3) is 3.12. The standard InChI is InChI=1S/C14H16N4O3/c1-9-6-18(7-12-4-3-11(5-15)20-12)8-13(19-9)14-16-10(2)17-21-14/h3-4,9,13H,6-8H2,1-2H3/t9-,13-/m1/s1. The molecule has 1 saturated heterocycles. The maximum absolute atomic E-state index is 8.79. The van der Waals surface area contributed by atoms with E-state index in [4.69, 9.17) is 18.9 Å². The number of furan rings is 1. The van der Waals surface area contributed by atoms with Gasteiger partial charge >= 0.3 is 0 Å². The summed E-state index contributed by atoms with van der Waals surface area (Å²) in [5.41, 5.74) is 0. The molecule has 0 N–H and O–H groups in total. The SMILES string of the molecule is Cc1noc([C@H]2CN(Cc3ccc(C#N)o3)C[C@@H](C)O2)n1. The van der Waals surface area contributed by atoms with E-state index in [1.807, 2.05) is 19.1 Å². The van der Waals surface area contributed by atoms with E-state index in [2.05, 4.69) is 15.0 Å². The zero-order chi connectivity index (χ0) is 14.8. The molecular formula is C14H16N4O3. The van der Waals surface area contributed by atoms with Crippen molar-refractivity contribution in [2.45, 2.75) is 32.6 Å². The molecule has 2 atom stereocenters. The summed E-state index contributed by atoms with van der Waals surface area (Å²) >= 11 is 0. The van der Waals surface area contributed by atoms with Crippen molar-refractivity contribution in [3.05, 3.63) is 35.4 Å². The Labute approximate surface area is 122 Å². The molecule has 0 unspecified atom stereocenters. The molecular weight excluding hydrogens is 272 g/mol. The van der Waals surface area contributed by atoms with Crippen LogP contribution in [0.15, 0.2) is 21.1 Å². The fourth-order valence-electron chi connectivity index (χ4n) is 2.49. The highest BCUT2D eigenvalue weighted by Gasteiger charge is 2.30. The molecule has 110 valence electrons. The summed E-state index contributed by atoms with van der Waals surface area (Å²) in [6, 6.07) is 5.49. The number of hydrogen-bond donors (Lipinski definition) is 0. The second-order valence-corrected chi connectivity index (χ2v) is 5.19. The topological polar surface area (TPSA) is 88.3 Å². The Bertz CT molecular complexity index is 657. The predicted octanol–water partition coefficient (Wildman–Crippen LogP) is 1.80. The number of aromatic nitrogens is 2. The smallest absolute Gasteiger partial charge is 0.257 e. The number of ether oxygens (including phenoxy) is 1.